The van der Waals surface area contributed by atoms with Crippen LogP contribution in [-0.4, -0.2) is 17.1 Å². The first-order valence-electron chi connectivity index (χ1n) is 10.6. The molecule has 0 aliphatic heterocycles. The third-order valence-electron chi connectivity index (χ3n) is 6.29. The Morgan fingerprint density at radius 2 is 1.77 bits per heavy atom. The summed E-state index contributed by atoms with van der Waals surface area (Å²) < 4.78 is 0. The maximum atomic E-state index is 10.7. The van der Waals surface area contributed by atoms with Crippen LogP contribution in [0.4, 0.5) is 0 Å². The maximum Gasteiger partial charge on any atom is 0.303 e. The van der Waals surface area contributed by atoms with Crippen LogP contribution in [0.3, 0.4) is 0 Å². The molecular weight excluding hydrogens is 394 g/mol. The SMILES string of the molecule is C[C@@H](NC1CCC(c2ccc(CCC(=O)O)cc2)C1)c1cccc2ccccc12.Cl. The van der Waals surface area contributed by atoms with Crippen LogP contribution in [-0.2, 0) is 11.2 Å². The van der Waals surface area contributed by atoms with Gasteiger partial charge in [-0.15, -0.1) is 12.4 Å². The summed E-state index contributed by atoms with van der Waals surface area (Å²) in [5, 5.41) is 15.3. The number of rotatable bonds is 7. The first-order chi connectivity index (χ1) is 14.1. The van der Waals surface area contributed by atoms with Crippen molar-refractivity contribution in [2.24, 2.45) is 0 Å². The third kappa shape index (κ3) is 5.21. The number of hydrogen-bond donors (Lipinski definition) is 2. The molecular formula is C26H30ClNO2. The molecule has 2 N–H and O–H groups in total. The van der Waals surface area contributed by atoms with E-state index in [1.807, 2.05) is 0 Å². The van der Waals surface area contributed by atoms with Crippen molar-refractivity contribution in [3.05, 3.63) is 83.4 Å². The van der Waals surface area contributed by atoms with E-state index in [1.54, 1.807) is 0 Å². The number of carboxylic acid groups (broad SMARTS) is 1. The third-order valence-corrected chi connectivity index (χ3v) is 6.29. The predicted molar refractivity (Wildman–Crippen MR) is 126 cm³/mol. The summed E-state index contributed by atoms with van der Waals surface area (Å²) in [4.78, 5) is 10.7. The lowest BCUT2D eigenvalue weighted by Gasteiger charge is -2.21. The Morgan fingerprint density at radius 3 is 2.53 bits per heavy atom. The van der Waals surface area contributed by atoms with Crippen LogP contribution in [0.15, 0.2) is 66.7 Å². The van der Waals surface area contributed by atoms with E-state index in [9.17, 15) is 4.79 Å². The fourth-order valence-corrected chi connectivity index (χ4v) is 4.71. The van der Waals surface area contributed by atoms with Crippen LogP contribution in [0.2, 0.25) is 0 Å². The first-order valence-corrected chi connectivity index (χ1v) is 10.6. The molecule has 1 aliphatic carbocycles. The molecule has 1 fully saturated rings. The van der Waals surface area contributed by atoms with Crippen LogP contribution < -0.4 is 5.32 Å². The molecule has 4 heteroatoms. The van der Waals surface area contributed by atoms with Crippen LogP contribution in [0.25, 0.3) is 10.8 Å². The Hall–Kier alpha value is -2.36. The van der Waals surface area contributed by atoms with Gasteiger partial charge in [0.05, 0.1) is 0 Å². The monoisotopic (exact) mass is 423 g/mol. The number of carboxylic acids is 1. The Labute approximate surface area is 184 Å². The molecule has 0 heterocycles. The largest absolute Gasteiger partial charge is 0.481 e. The van der Waals surface area contributed by atoms with Crippen molar-refractivity contribution in [2.75, 3.05) is 0 Å². The van der Waals surface area contributed by atoms with Gasteiger partial charge in [0.2, 0.25) is 0 Å². The zero-order valence-electron chi connectivity index (χ0n) is 17.4. The van der Waals surface area contributed by atoms with Crippen molar-refractivity contribution >= 4 is 29.1 Å². The van der Waals surface area contributed by atoms with E-state index in [-0.39, 0.29) is 18.8 Å². The summed E-state index contributed by atoms with van der Waals surface area (Å²) in [6, 6.07) is 24.6. The lowest BCUT2D eigenvalue weighted by molar-refractivity contribution is -0.136. The van der Waals surface area contributed by atoms with Crippen LogP contribution in [0, 0.1) is 0 Å². The fourth-order valence-electron chi connectivity index (χ4n) is 4.71. The highest BCUT2D eigenvalue weighted by atomic mass is 35.5. The molecule has 0 aromatic heterocycles. The Kier molecular flexibility index (Phi) is 7.52. The molecule has 4 rings (SSSR count). The molecule has 3 atom stereocenters. The van der Waals surface area contributed by atoms with Crippen molar-refractivity contribution in [2.45, 2.75) is 57.0 Å². The number of halogens is 1. The zero-order valence-corrected chi connectivity index (χ0v) is 18.2. The molecule has 0 bridgehead atoms. The maximum absolute atomic E-state index is 10.7. The normalized spacial score (nSPS) is 19.4. The average Bonchev–Trinajstić information content (AvgIpc) is 3.20. The smallest absolute Gasteiger partial charge is 0.303 e. The summed E-state index contributed by atoms with van der Waals surface area (Å²) in [7, 11) is 0. The van der Waals surface area contributed by atoms with E-state index in [0.29, 0.717) is 24.4 Å². The highest BCUT2D eigenvalue weighted by Crippen LogP contribution is 2.36. The van der Waals surface area contributed by atoms with E-state index >= 15 is 0 Å². The van der Waals surface area contributed by atoms with Gasteiger partial charge in [-0.3, -0.25) is 4.79 Å². The van der Waals surface area contributed by atoms with Crippen LogP contribution in [0.5, 0.6) is 0 Å². The first kappa shape index (κ1) is 22.3. The standard InChI is InChI=1S/C26H29NO2.ClH/c1-18(24-8-4-6-21-5-2-3-7-25(21)24)27-23-15-14-22(17-23)20-12-9-19(10-13-20)11-16-26(28)29;/h2-10,12-13,18,22-23,27H,11,14-17H2,1H3,(H,28,29);1H/t18-,22?,23?;/m1./s1. The summed E-state index contributed by atoms with van der Waals surface area (Å²) in [5.41, 5.74) is 3.86. The molecule has 1 aliphatic rings. The van der Waals surface area contributed by atoms with Crippen molar-refractivity contribution in [3.8, 4) is 0 Å². The molecule has 30 heavy (non-hydrogen) atoms. The molecule has 0 spiro atoms. The highest BCUT2D eigenvalue weighted by Gasteiger charge is 2.27. The summed E-state index contributed by atoms with van der Waals surface area (Å²) in [5.74, 6) is -0.153. The van der Waals surface area contributed by atoms with Crippen molar-refractivity contribution in [1.82, 2.24) is 5.32 Å². The van der Waals surface area contributed by atoms with Gasteiger partial charge in [0.25, 0.3) is 0 Å². The van der Waals surface area contributed by atoms with Gasteiger partial charge < -0.3 is 10.4 Å². The van der Waals surface area contributed by atoms with Crippen molar-refractivity contribution < 1.29 is 9.90 Å². The predicted octanol–water partition coefficient (Wildman–Crippen LogP) is 6.27. The van der Waals surface area contributed by atoms with Gasteiger partial charge in [-0.2, -0.15) is 0 Å². The second-order valence-corrected chi connectivity index (χ2v) is 8.30. The Balaban J connectivity index is 0.00000256. The van der Waals surface area contributed by atoms with Gasteiger partial charge in [-0.25, -0.2) is 0 Å². The molecule has 0 amide bonds. The molecule has 1 saturated carbocycles. The minimum atomic E-state index is -0.737. The second kappa shape index (κ2) is 10.1. The quantitative estimate of drug-likeness (QED) is 0.471. The van der Waals surface area contributed by atoms with Gasteiger partial charge in [0.15, 0.2) is 0 Å². The van der Waals surface area contributed by atoms with Gasteiger partial charge >= 0.3 is 5.97 Å². The minimum Gasteiger partial charge on any atom is -0.481 e. The zero-order chi connectivity index (χ0) is 20.2. The van der Waals surface area contributed by atoms with E-state index < -0.39 is 5.97 Å². The van der Waals surface area contributed by atoms with Crippen LogP contribution in [0.1, 0.15) is 61.3 Å². The average molecular weight is 424 g/mol. The van der Waals surface area contributed by atoms with E-state index in [4.69, 9.17) is 5.11 Å². The van der Waals surface area contributed by atoms with Crippen LogP contribution >= 0.6 is 12.4 Å². The summed E-state index contributed by atoms with van der Waals surface area (Å²) in [6.07, 6.45) is 4.35. The molecule has 158 valence electrons. The number of nitrogens with one attached hydrogen (secondary N) is 1. The fraction of sp³-hybridized carbons (Fsp3) is 0.346. The second-order valence-electron chi connectivity index (χ2n) is 8.30. The number of aliphatic carboxylic acids is 1. The molecule has 3 aromatic carbocycles. The van der Waals surface area contributed by atoms with Gasteiger partial charge in [0.1, 0.15) is 0 Å². The molecule has 3 aromatic rings. The molecule has 2 unspecified atom stereocenters. The molecule has 0 saturated heterocycles. The minimum absolute atomic E-state index is 0. The van der Waals surface area contributed by atoms with Crippen molar-refractivity contribution in [3.63, 3.8) is 0 Å². The molecule has 3 nitrogen and oxygen atoms in total. The number of hydrogen-bond acceptors (Lipinski definition) is 2. The lowest BCUT2D eigenvalue weighted by atomic mass is 9.95. The van der Waals surface area contributed by atoms with Gasteiger partial charge in [-0.1, -0.05) is 66.7 Å². The van der Waals surface area contributed by atoms with E-state index in [2.05, 4.69) is 79.0 Å². The Morgan fingerprint density at radius 1 is 1.03 bits per heavy atom. The topological polar surface area (TPSA) is 49.3 Å². The number of aryl methyl sites for hydroxylation is 1. The van der Waals surface area contributed by atoms with Gasteiger partial charge in [0, 0.05) is 18.5 Å². The number of benzene rings is 3. The lowest BCUT2D eigenvalue weighted by Crippen LogP contribution is -2.29. The van der Waals surface area contributed by atoms with Gasteiger partial charge in [-0.05, 0) is 66.0 Å². The summed E-state index contributed by atoms with van der Waals surface area (Å²) in [6.45, 7) is 2.27. The van der Waals surface area contributed by atoms with E-state index in [0.717, 1.165) is 12.0 Å². The molecule has 0 radical (unpaired) electrons. The highest BCUT2D eigenvalue weighted by molar-refractivity contribution is 5.86. The van der Waals surface area contributed by atoms with Crippen molar-refractivity contribution in [1.29, 1.82) is 0 Å². The summed E-state index contributed by atoms with van der Waals surface area (Å²) >= 11 is 0. The number of carbonyl (C=O) groups is 1. The number of fused-ring (bicyclic) bond motifs is 1. The Bertz CT molecular complexity index is 980. The van der Waals surface area contributed by atoms with E-state index in [1.165, 1.54) is 34.7 Å².